The Labute approximate surface area is 394 Å². The van der Waals surface area contributed by atoms with Gasteiger partial charge in [-0.1, -0.05) is 170 Å². The van der Waals surface area contributed by atoms with E-state index < -0.39 is 5.41 Å². The predicted octanol–water partition coefficient (Wildman–Crippen LogP) is 15.5. The quantitative estimate of drug-likeness (QED) is 0.160. The number of anilines is 3. The Morgan fingerprint density at radius 1 is 0.309 bits per heavy atom. The Balaban J connectivity index is 0.900. The highest BCUT2D eigenvalue weighted by Gasteiger charge is 2.51. The number of hydrogen-bond acceptors (Lipinski definition) is 3. The summed E-state index contributed by atoms with van der Waals surface area (Å²) >= 11 is 0. The van der Waals surface area contributed by atoms with Crippen molar-refractivity contribution < 1.29 is 0 Å². The summed E-state index contributed by atoms with van der Waals surface area (Å²) in [6, 6.07) is 89.8. The summed E-state index contributed by atoms with van der Waals surface area (Å²) in [4.78, 5) is 2.32. The number of fused-ring (bicyclic) bond motifs is 13. The van der Waals surface area contributed by atoms with Crippen LogP contribution >= 0.6 is 0 Å². The van der Waals surface area contributed by atoms with Crippen molar-refractivity contribution in [2.24, 2.45) is 0 Å². The van der Waals surface area contributed by atoms with Crippen molar-refractivity contribution in [2.45, 2.75) is 5.41 Å². The molecule has 5 heteroatoms. The Morgan fingerprint density at radius 2 is 0.721 bits per heavy atom. The van der Waals surface area contributed by atoms with Crippen LogP contribution in [0.1, 0.15) is 22.3 Å². The number of para-hydroxylation sites is 3. The lowest BCUT2D eigenvalue weighted by Gasteiger charge is -2.30. The van der Waals surface area contributed by atoms with Crippen LogP contribution < -0.4 is 4.90 Å². The summed E-state index contributed by atoms with van der Waals surface area (Å²) in [6.07, 6.45) is 0. The molecule has 318 valence electrons. The third-order valence-corrected chi connectivity index (χ3v) is 14.3. The van der Waals surface area contributed by atoms with Crippen molar-refractivity contribution in [1.29, 1.82) is 0 Å². The second kappa shape index (κ2) is 15.0. The van der Waals surface area contributed by atoms with Crippen LogP contribution in [0.3, 0.4) is 0 Å². The molecule has 0 atom stereocenters. The molecule has 0 amide bonds. The van der Waals surface area contributed by atoms with E-state index in [9.17, 15) is 0 Å². The molecule has 0 bridgehead atoms. The molecule has 68 heavy (non-hydrogen) atoms. The van der Waals surface area contributed by atoms with Crippen LogP contribution in [-0.4, -0.2) is 19.3 Å². The number of nitrogens with zero attached hydrogens (tertiary/aromatic N) is 5. The van der Waals surface area contributed by atoms with E-state index in [0.29, 0.717) is 0 Å². The molecule has 0 saturated heterocycles. The van der Waals surface area contributed by atoms with Crippen LogP contribution in [0.5, 0.6) is 0 Å². The molecule has 2 heterocycles. The maximum Gasteiger partial charge on any atom is 0.168 e. The van der Waals surface area contributed by atoms with Gasteiger partial charge in [0.25, 0.3) is 0 Å². The van der Waals surface area contributed by atoms with Crippen molar-refractivity contribution in [2.75, 3.05) is 4.90 Å². The molecule has 0 aliphatic heterocycles. The average molecular weight is 868 g/mol. The Bertz CT molecular complexity index is 3790. The molecule has 1 spiro atoms. The molecule has 10 aromatic carbocycles. The fraction of sp³-hybridized carbons (Fsp3) is 0.0159. The van der Waals surface area contributed by atoms with Crippen molar-refractivity contribution in [1.82, 2.24) is 19.3 Å². The van der Waals surface area contributed by atoms with Gasteiger partial charge < -0.3 is 9.47 Å². The molecule has 14 rings (SSSR count). The van der Waals surface area contributed by atoms with E-state index in [2.05, 4.69) is 257 Å². The number of benzene rings is 10. The third-order valence-electron chi connectivity index (χ3n) is 14.3. The first-order valence-electron chi connectivity index (χ1n) is 23.2. The fourth-order valence-electron chi connectivity index (χ4n) is 11.5. The Hall–Kier alpha value is -9.06. The molecule has 0 fully saturated rings. The van der Waals surface area contributed by atoms with Gasteiger partial charge in [-0.05, 0) is 123 Å². The summed E-state index contributed by atoms with van der Waals surface area (Å²) in [5, 5.41) is 12.5. The molecule has 12 aromatic rings. The van der Waals surface area contributed by atoms with Gasteiger partial charge in [0.2, 0.25) is 0 Å². The van der Waals surface area contributed by atoms with Crippen LogP contribution in [0.2, 0.25) is 0 Å². The lowest BCUT2D eigenvalue weighted by molar-refractivity contribution is 0.794. The number of rotatable bonds is 7. The highest BCUT2D eigenvalue weighted by molar-refractivity contribution is 6.09. The SMILES string of the molecule is c1ccc(-c2nnc(-c3ccc4c(c3)C3(c5ccccc5-c5ccccc53)c3ccccc3-4)n2-c2ccc(N(c3ccccc3)c3ccc(-n4c5ccccc5c5ccccc54)cc3)cc2)cc1. The van der Waals surface area contributed by atoms with Crippen molar-refractivity contribution in [3.05, 3.63) is 271 Å². The van der Waals surface area contributed by atoms with E-state index in [-0.39, 0.29) is 0 Å². The minimum atomic E-state index is -0.466. The van der Waals surface area contributed by atoms with Crippen LogP contribution in [0.4, 0.5) is 17.1 Å². The van der Waals surface area contributed by atoms with Gasteiger partial charge in [0.15, 0.2) is 11.6 Å². The zero-order valence-corrected chi connectivity index (χ0v) is 36.9. The molecule has 0 radical (unpaired) electrons. The van der Waals surface area contributed by atoms with E-state index in [0.717, 1.165) is 51.2 Å². The Morgan fingerprint density at radius 3 is 1.26 bits per heavy atom. The van der Waals surface area contributed by atoms with E-state index in [1.165, 1.54) is 66.3 Å². The summed E-state index contributed by atoms with van der Waals surface area (Å²) in [7, 11) is 0. The van der Waals surface area contributed by atoms with Crippen LogP contribution in [0.15, 0.2) is 249 Å². The van der Waals surface area contributed by atoms with Crippen molar-refractivity contribution >= 4 is 38.9 Å². The topological polar surface area (TPSA) is 38.9 Å². The molecular weight excluding hydrogens is 827 g/mol. The minimum absolute atomic E-state index is 0.466. The lowest BCUT2D eigenvalue weighted by Crippen LogP contribution is -2.25. The summed E-state index contributed by atoms with van der Waals surface area (Å²) < 4.78 is 4.59. The zero-order chi connectivity index (χ0) is 44.8. The summed E-state index contributed by atoms with van der Waals surface area (Å²) in [6.45, 7) is 0. The normalized spacial score (nSPS) is 12.8. The fourth-order valence-corrected chi connectivity index (χ4v) is 11.5. The predicted molar refractivity (Wildman–Crippen MR) is 278 cm³/mol. The van der Waals surface area contributed by atoms with Crippen molar-refractivity contribution in [3.63, 3.8) is 0 Å². The van der Waals surface area contributed by atoms with E-state index in [4.69, 9.17) is 10.2 Å². The Kier molecular flexibility index (Phi) is 8.43. The smallest absolute Gasteiger partial charge is 0.168 e. The first-order chi connectivity index (χ1) is 33.8. The molecule has 0 N–H and O–H groups in total. The highest BCUT2D eigenvalue weighted by Crippen LogP contribution is 2.63. The summed E-state index contributed by atoms with van der Waals surface area (Å²) in [5.74, 6) is 1.56. The van der Waals surface area contributed by atoms with Gasteiger partial charge in [0.1, 0.15) is 0 Å². The third kappa shape index (κ3) is 5.50. The van der Waals surface area contributed by atoms with E-state index in [1.807, 2.05) is 6.07 Å². The molecule has 2 aliphatic rings. The molecule has 2 aliphatic carbocycles. The summed E-state index contributed by atoms with van der Waals surface area (Å²) in [5.41, 5.74) is 19.5. The van der Waals surface area contributed by atoms with Gasteiger partial charge in [-0.2, -0.15) is 0 Å². The standard InChI is InChI=1S/C63H41N5/c1-3-17-42(18-4-1)61-64-65-62(43-31-40-52-51-23-9-14-28-57(51)63(58(52)41-43)55-26-12-7-21-49(55)50-22-8-13-27-56(50)63)68(61)48-38-34-46(35-39-48)66(44-19-5-2-6-20-44)45-32-36-47(37-33-45)67-59-29-15-10-24-53(59)54-25-11-16-30-60(54)67/h1-41H. The van der Waals surface area contributed by atoms with Crippen LogP contribution in [-0.2, 0) is 5.41 Å². The number of hydrogen-bond donors (Lipinski definition) is 0. The van der Waals surface area contributed by atoms with Gasteiger partial charge in [-0.3, -0.25) is 4.57 Å². The van der Waals surface area contributed by atoms with Crippen molar-refractivity contribution in [3.8, 4) is 56.4 Å². The molecule has 2 aromatic heterocycles. The van der Waals surface area contributed by atoms with Gasteiger partial charge in [-0.15, -0.1) is 10.2 Å². The second-order valence-electron chi connectivity index (χ2n) is 17.8. The average Bonchev–Trinajstić information content (AvgIpc) is 4.16. The molecule has 0 saturated carbocycles. The van der Waals surface area contributed by atoms with Gasteiger partial charge in [-0.25, -0.2) is 0 Å². The first-order valence-corrected chi connectivity index (χ1v) is 23.2. The second-order valence-corrected chi connectivity index (χ2v) is 17.8. The lowest BCUT2D eigenvalue weighted by atomic mass is 9.70. The van der Waals surface area contributed by atoms with Gasteiger partial charge in [0.05, 0.1) is 16.4 Å². The monoisotopic (exact) mass is 867 g/mol. The largest absolute Gasteiger partial charge is 0.311 e. The zero-order valence-electron chi connectivity index (χ0n) is 36.9. The van der Waals surface area contributed by atoms with Crippen LogP contribution in [0, 0.1) is 0 Å². The van der Waals surface area contributed by atoms with Gasteiger partial charge >= 0.3 is 0 Å². The maximum absolute atomic E-state index is 5.04. The highest BCUT2D eigenvalue weighted by atomic mass is 15.3. The van der Waals surface area contributed by atoms with Gasteiger partial charge in [0, 0.05) is 50.3 Å². The molecular formula is C63H41N5. The maximum atomic E-state index is 5.04. The first kappa shape index (κ1) is 38.2. The number of aromatic nitrogens is 4. The minimum Gasteiger partial charge on any atom is -0.311 e. The van der Waals surface area contributed by atoms with E-state index >= 15 is 0 Å². The van der Waals surface area contributed by atoms with E-state index in [1.54, 1.807) is 0 Å². The van der Waals surface area contributed by atoms with Crippen LogP contribution in [0.25, 0.3) is 78.2 Å². The molecule has 5 nitrogen and oxygen atoms in total. The molecule has 0 unspecified atom stereocenters.